The van der Waals surface area contributed by atoms with Crippen molar-refractivity contribution in [2.45, 2.75) is 26.3 Å². The lowest BCUT2D eigenvalue weighted by Crippen LogP contribution is -2.32. The summed E-state index contributed by atoms with van der Waals surface area (Å²) in [7, 11) is 0. The lowest BCUT2D eigenvalue weighted by atomic mass is 10.0. The molecule has 0 saturated heterocycles. The Morgan fingerprint density at radius 1 is 1.25 bits per heavy atom. The molecule has 0 aliphatic rings. The molecule has 0 radical (unpaired) electrons. The SMILES string of the molecule is CC[C@@H](NC(=O)COC(=O)c1cncc(Br)c1)c1ccc(C)cc1. The first kappa shape index (κ1) is 18.1. The van der Waals surface area contributed by atoms with E-state index in [4.69, 9.17) is 4.74 Å². The molecule has 0 unspecified atom stereocenters. The van der Waals surface area contributed by atoms with Crippen LogP contribution in [0.3, 0.4) is 0 Å². The fourth-order valence-electron chi connectivity index (χ4n) is 2.19. The maximum atomic E-state index is 12.0. The van der Waals surface area contributed by atoms with Gasteiger partial charge >= 0.3 is 5.97 Å². The van der Waals surface area contributed by atoms with E-state index in [-0.39, 0.29) is 18.6 Å². The molecule has 0 aliphatic carbocycles. The second kappa shape index (κ2) is 8.59. The zero-order valence-electron chi connectivity index (χ0n) is 13.6. The average molecular weight is 391 g/mol. The Balaban J connectivity index is 1.89. The van der Waals surface area contributed by atoms with Gasteiger partial charge in [0.25, 0.3) is 5.91 Å². The van der Waals surface area contributed by atoms with Crippen LogP contribution >= 0.6 is 15.9 Å². The van der Waals surface area contributed by atoms with Gasteiger partial charge in [-0.05, 0) is 40.9 Å². The number of pyridine rings is 1. The molecule has 2 rings (SSSR count). The number of aryl methyl sites for hydroxylation is 1. The first-order valence-corrected chi connectivity index (χ1v) is 8.42. The van der Waals surface area contributed by atoms with Gasteiger partial charge in [0.1, 0.15) is 0 Å². The zero-order chi connectivity index (χ0) is 17.5. The molecule has 24 heavy (non-hydrogen) atoms. The molecule has 1 heterocycles. The van der Waals surface area contributed by atoms with Crippen LogP contribution < -0.4 is 5.32 Å². The molecule has 126 valence electrons. The second-order valence-corrected chi connectivity index (χ2v) is 6.32. The minimum absolute atomic E-state index is 0.107. The summed E-state index contributed by atoms with van der Waals surface area (Å²) in [6.07, 6.45) is 3.71. The fourth-order valence-corrected chi connectivity index (χ4v) is 2.56. The van der Waals surface area contributed by atoms with Crippen molar-refractivity contribution >= 4 is 27.8 Å². The Morgan fingerprint density at radius 2 is 1.96 bits per heavy atom. The van der Waals surface area contributed by atoms with E-state index in [0.717, 1.165) is 17.5 Å². The number of benzene rings is 1. The van der Waals surface area contributed by atoms with E-state index in [1.807, 2.05) is 38.1 Å². The number of hydrogen-bond acceptors (Lipinski definition) is 4. The van der Waals surface area contributed by atoms with Crippen LogP contribution in [-0.2, 0) is 9.53 Å². The highest BCUT2D eigenvalue weighted by Gasteiger charge is 2.15. The minimum Gasteiger partial charge on any atom is -0.452 e. The number of carbonyl (C=O) groups excluding carboxylic acids is 2. The summed E-state index contributed by atoms with van der Waals surface area (Å²) in [5.74, 6) is -0.916. The molecule has 1 amide bonds. The number of halogens is 1. The average Bonchev–Trinajstić information content (AvgIpc) is 2.58. The van der Waals surface area contributed by atoms with Crippen molar-refractivity contribution in [3.8, 4) is 0 Å². The van der Waals surface area contributed by atoms with Crippen LogP contribution in [0.15, 0.2) is 47.2 Å². The second-order valence-electron chi connectivity index (χ2n) is 5.41. The number of hydrogen-bond donors (Lipinski definition) is 1. The predicted octanol–water partition coefficient (Wildman–Crippen LogP) is 3.58. The standard InChI is InChI=1S/C18H19BrN2O3/c1-3-16(13-6-4-12(2)5-7-13)21-17(22)11-24-18(23)14-8-15(19)10-20-9-14/h4-10,16H,3,11H2,1-2H3,(H,21,22)/t16-/m1/s1. The molecule has 0 aliphatic heterocycles. The van der Waals surface area contributed by atoms with Gasteiger partial charge in [-0.15, -0.1) is 0 Å². The Bertz CT molecular complexity index is 716. The third kappa shape index (κ3) is 5.16. The maximum Gasteiger partial charge on any atom is 0.340 e. The molecule has 0 saturated carbocycles. The summed E-state index contributed by atoms with van der Waals surface area (Å²) in [4.78, 5) is 27.8. The lowest BCUT2D eigenvalue weighted by molar-refractivity contribution is -0.125. The highest BCUT2D eigenvalue weighted by Crippen LogP contribution is 2.17. The highest BCUT2D eigenvalue weighted by molar-refractivity contribution is 9.10. The van der Waals surface area contributed by atoms with Gasteiger partial charge in [-0.2, -0.15) is 0 Å². The van der Waals surface area contributed by atoms with Crippen LogP contribution in [0.2, 0.25) is 0 Å². The van der Waals surface area contributed by atoms with Crippen molar-refractivity contribution in [2.24, 2.45) is 0 Å². The predicted molar refractivity (Wildman–Crippen MR) is 94.6 cm³/mol. The van der Waals surface area contributed by atoms with Gasteiger partial charge in [-0.3, -0.25) is 9.78 Å². The summed E-state index contributed by atoms with van der Waals surface area (Å²) in [5, 5.41) is 2.88. The third-order valence-electron chi connectivity index (χ3n) is 3.50. The van der Waals surface area contributed by atoms with Gasteiger partial charge in [0.15, 0.2) is 6.61 Å². The number of carbonyl (C=O) groups is 2. The number of aromatic nitrogens is 1. The lowest BCUT2D eigenvalue weighted by Gasteiger charge is -2.17. The summed E-state index contributed by atoms with van der Waals surface area (Å²) in [5.41, 5.74) is 2.48. The molecule has 6 heteroatoms. The number of nitrogens with one attached hydrogen (secondary N) is 1. The third-order valence-corrected chi connectivity index (χ3v) is 3.93. The van der Waals surface area contributed by atoms with Gasteiger partial charge < -0.3 is 10.1 Å². The van der Waals surface area contributed by atoms with Crippen LogP contribution in [0, 0.1) is 6.92 Å². The van der Waals surface area contributed by atoms with Gasteiger partial charge in [-0.25, -0.2) is 4.79 Å². The number of amides is 1. The molecule has 0 fully saturated rings. The first-order chi connectivity index (χ1) is 11.5. The van der Waals surface area contributed by atoms with Crippen molar-refractivity contribution in [1.82, 2.24) is 10.3 Å². The maximum absolute atomic E-state index is 12.0. The van der Waals surface area contributed by atoms with E-state index < -0.39 is 5.97 Å². The molecule has 1 aromatic carbocycles. The summed E-state index contributed by atoms with van der Waals surface area (Å²) in [6.45, 7) is 3.68. The summed E-state index contributed by atoms with van der Waals surface area (Å²) in [6, 6.07) is 9.47. The molecule has 1 aromatic heterocycles. The summed E-state index contributed by atoms with van der Waals surface area (Å²) < 4.78 is 5.71. The first-order valence-electron chi connectivity index (χ1n) is 7.63. The molecule has 0 spiro atoms. The largest absolute Gasteiger partial charge is 0.452 e. The van der Waals surface area contributed by atoms with Crippen molar-refractivity contribution in [3.63, 3.8) is 0 Å². The van der Waals surface area contributed by atoms with Gasteiger partial charge in [-0.1, -0.05) is 36.8 Å². The molecular formula is C18H19BrN2O3. The van der Waals surface area contributed by atoms with Gasteiger partial charge in [0.2, 0.25) is 0 Å². The fraction of sp³-hybridized carbons (Fsp3) is 0.278. The molecule has 1 atom stereocenters. The van der Waals surface area contributed by atoms with Crippen LogP contribution in [0.5, 0.6) is 0 Å². The van der Waals surface area contributed by atoms with E-state index in [0.29, 0.717) is 10.0 Å². The van der Waals surface area contributed by atoms with Crippen molar-refractivity contribution < 1.29 is 14.3 Å². The molecule has 2 aromatic rings. The van der Waals surface area contributed by atoms with E-state index in [2.05, 4.69) is 26.2 Å². The molecular weight excluding hydrogens is 372 g/mol. The number of nitrogens with zero attached hydrogens (tertiary/aromatic N) is 1. The monoisotopic (exact) mass is 390 g/mol. The van der Waals surface area contributed by atoms with E-state index in [1.54, 1.807) is 12.3 Å². The van der Waals surface area contributed by atoms with Crippen LogP contribution in [0.25, 0.3) is 0 Å². The zero-order valence-corrected chi connectivity index (χ0v) is 15.2. The quantitative estimate of drug-likeness (QED) is 0.765. The number of ether oxygens (including phenoxy) is 1. The minimum atomic E-state index is -0.581. The van der Waals surface area contributed by atoms with E-state index >= 15 is 0 Å². The normalized spacial score (nSPS) is 11.6. The Morgan fingerprint density at radius 3 is 2.58 bits per heavy atom. The van der Waals surface area contributed by atoms with Crippen molar-refractivity contribution in [2.75, 3.05) is 6.61 Å². The highest BCUT2D eigenvalue weighted by atomic mass is 79.9. The Hall–Kier alpha value is -2.21. The smallest absolute Gasteiger partial charge is 0.340 e. The summed E-state index contributed by atoms with van der Waals surface area (Å²) >= 11 is 3.23. The number of esters is 1. The van der Waals surface area contributed by atoms with Crippen molar-refractivity contribution in [3.05, 3.63) is 63.9 Å². The van der Waals surface area contributed by atoms with E-state index in [1.165, 1.54) is 6.20 Å². The van der Waals surface area contributed by atoms with Crippen LogP contribution in [0.1, 0.15) is 40.9 Å². The van der Waals surface area contributed by atoms with Crippen LogP contribution in [-0.4, -0.2) is 23.5 Å². The number of rotatable bonds is 6. The van der Waals surface area contributed by atoms with Crippen molar-refractivity contribution in [1.29, 1.82) is 0 Å². The van der Waals surface area contributed by atoms with E-state index in [9.17, 15) is 9.59 Å². The van der Waals surface area contributed by atoms with Gasteiger partial charge in [0.05, 0.1) is 11.6 Å². The Kier molecular flexibility index (Phi) is 6.49. The van der Waals surface area contributed by atoms with Gasteiger partial charge in [0, 0.05) is 16.9 Å². The topological polar surface area (TPSA) is 68.3 Å². The molecule has 0 bridgehead atoms. The van der Waals surface area contributed by atoms with Crippen LogP contribution in [0.4, 0.5) is 0 Å². The molecule has 5 nitrogen and oxygen atoms in total. The molecule has 1 N–H and O–H groups in total. The Labute approximate surface area is 149 Å².